The lowest BCUT2D eigenvalue weighted by molar-refractivity contribution is -0.118. The summed E-state index contributed by atoms with van der Waals surface area (Å²) in [4.78, 5) is 12.1. The van der Waals surface area contributed by atoms with Crippen molar-refractivity contribution in [2.75, 3.05) is 12.3 Å². The second-order valence-electron chi connectivity index (χ2n) is 3.68. The lowest BCUT2D eigenvalue weighted by Gasteiger charge is -2.13. The fourth-order valence-corrected chi connectivity index (χ4v) is 2.48. The third-order valence-electron chi connectivity index (χ3n) is 2.20. The van der Waals surface area contributed by atoms with Crippen LogP contribution in [0.25, 0.3) is 0 Å². The first-order chi connectivity index (χ1) is 8.06. The highest BCUT2D eigenvalue weighted by Gasteiger charge is 2.13. The molecule has 94 valence electrons. The van der Waals surface area contributed by atoms with Crippen molar-refractivity contribution in [2.24, 2.45) is 5.73 Å². The highest BCUT2D eigenvalue weighted by atomic mass is 32.2. The van der Waals surface area contributed by atoms with Gasteiger partial charge in [-0.25, -0.2) is 4.39 Å². The number of thioether (sulfide) groups is 1. The Kier molecular flexibility index (Phi) is 5.44. The Labute approximate surface area is 105 Å². The first-order valence-corrected chi connectivity index (χ1v) is 6.48. The number of rotatable bonds is 5. The van der Waals surface area contributed by atoms with Crippen LogP contribution in [0.1, 0.15) is 25.5 Å². The normalized spacial score (nSPS) is 12.2. The van der Waals surface area contributed by atoms with E-state index < -0.39 is 0 Å². The molecular weight excluding hydrogens is 239 g/mol. The molecule has 0 aliphatic heterocycles. The standard InChI is InChI=1S/C12H17FN2OS/c1-3-15-11(16)7-17-10-6-4-5-9(13)12(10)8(2)14/h4-6,8H,3,7,14H2,1-2H3,(H,15,16)/t8-/m1/s1. The Bertz CT molecular complexity index is 396. The zero-order valence-electron chi connectivity index (χ0n) is 10.00. The maximum atomic E-state index is 13.6. The van der Waals surface area contributed by atoms with Crippen LogP contribution in [-0.2, 0) is 4.79 Å². The van der Waals surface area contributed by atoms with E-state index >= 15 is 0 Å². The molecule has 0 aliphatic carbocycles. The summed E-state index contributed by atoms with van der Waals surface area (Å²) in [6.07, 6.45) is 0. The van der Waals surface area contributed by atoms with Gasteiger partial charge in [-0.2, -0.15) is 0 Å². The molecule has 5 heteroatoms. The molecule has 1 aromatic carbocycles. The number of hydrogen-bond donors (Lipinski definition) is 2. The Balaban J connectivity index is 2.77. The number of halogens is 1. The van der Waals surface area contributed by atoms with Crippen LogP contribution in [-0.4, -0.2) is 18.2 Å². The van der Waals surface area contributed by atoms with Crippen LogP contribution in [0.3, 0.4) is 0 Å². The minimum Gasteiger partial charge on any atom is -0.356 e. The summed E-state index contributed by atoms with van der Waals surface area (Å²) in [5.41, 5.74) is 6.20. The minimum atomic E-state index is -0.382. The number of nitrogens with two attached hydrogens (primary N) is 1. The molecule has 0 unspecified atom stereocenters. The van der Waals surface area contributed by atoms with Crippen LogP contribution in [0, 0.1) is 5.82 Å². The van der Waals surface area contributed by atoms with E-state index in [2.05, 4.69) is 5.32 Å². The summed E-state index contributed by atoms with van der Waals surface area (Å²) in [5.74, 6) is -0.102. The summed E-state index contributed by atoms with van der Waals surface area (Å²) in [5, 5.41) is 2.69. The van der Waals surface area contributed by atoms with Crippen molar-refractivity contribution in [2.45, 2.75) is 24.8 Å². The topological polar surface area (TPSA) is 55.1 Å². The molecule has 0 aliphatic rings. The number of hydrogen-bond acceptors (Lipinski definition) is 3. The molecule has 1 rings (SSSR count). The molecule has 0 bridgehead atoms. The van der Waals surface area contributed by atoms with E-state index in [0.29, 0.717) is 12.1 Å². The summed E-state index contributed by atoms with van der Waals surface area (Å²) in [6, 6.07) is 4.41. The lowest BCUT2D eigenvalue weighted by atomic mass is 10.1. The van der Waals surface area contributed by atoms with E-state index in [1.165, 1.54) is 17.8 Å². The predicted octanol–water partition coefficient (Wildman–Crippen LogP) is 2.07. The van der Waals surface area contributed by atoms with Crippen molar-refractivity contribution < 1.29 is 9.18 Å². The zero-order chi connectivity index (χ0) is 12.8. The average Bonchev–Trinajstić information content (AvgIpc) is 2.26. The summed E-state index contributed by atoms with van der Waals surface area (Å²) >= 11 is 1.31. The molecule has 1 aromatic rings. The third kappa shape index (κ3) is 4.02. The average molecular weight is 256 g/mol. The van der Waals surface area contributed by atoms with Gasteiger partial charge in [0.2, 0.25) is 5.91 Å². The van der Waals surface area contributed by atoms with E-state index in [4.69, 9.17) is 5.73 Å². The van der Waals surface area contributed by atoms with Crippen molar-refractivity contribution in [3.05, 3.63) is 29.6 Å². The molecule has 1 atom stereocenters. The fraction of sp³-hybridized carbons (Fsp3) is 0.417. The molecule has 0 fully saturated rings. The summed E-state index contributed by atoms with van der Waals surface area (Å²) in [7, 11) is 0. The Morgan fingerprint density at radius 1 is 1.59 bits per heavy atom. The van der Waals surface area contributed by atoms with Crippen molar-refractivity contribution in [3.63, 3.8) is 0 Å². The smallest absolute Gasteiger partial charge is 0.230 e. The largest absolute Gasteiger partial charge is 0.356 e. The number of benzene rings is 1. The predicted molar refractivity (Wildman–Crippen MR) is 68.4 cm³/mol. The van der Waals surface area contributed by atoms with Gasteiger partial charge in [-0.1, -0.05) is 6.07 Å². The van der Waals surface area contributed by atoms with Crippen LogP contribution < -0.4 is 11.1 Å². The lowest BCUT2D eigenvalue weighted by Crippen LogP contribution is -2.24. The Morgan fingerprint density at radius 3 is 2.88 bits per heavy atom. The maximum absolute atomic E-state index is 13.6. The van der Waals surface area contributed by atoms with Crippen LogP contribution >= 0.6 is 11.8 Å². The van der Waals surface area contributed by atoms with Gasteiger partial charge in [-0.15, -0.1) is 11.8 Å². The summed E-state index contributed by atoms with van der Waals surface area (Å²) < 4.78 is 13.6. The van der Waals surface area contributed by atoms with Gasteiger partial charge in [-0.05, 0) is 26.0 Å². The molecule has 1 amide bonds. The molecule has 0 saturated carbocycles. The van der Waals surface area contributed by atoms with E-state index in [9.17, 15) is 9.18 Å². The number of carbonyl (C=O) groups is 1. The van der Waals surface area contributed by atoms with E-state index in [0.717, 1.165) is 4.90 Å². The first kappa shape index (κ1) is 14.0. The molecule has 17 heavy (non-hydrogen) atoms. The Hall–Kier alpha value is -1.07. The Morgan fingerprint density at radius 2 is 2.29 bits per heavy atom. The van der Waals surface area contributed by atoms with Gasteiger partial charge in [-0.3, -0.25) is 4.79 Å². The molecule has 3 nitrogen and oxygen atoms in total. The highest BCUT2D eigenvalue weighted by Crippen LogP contribution is 2.28. The van der Waals surface area contributed by atoms with E-state index in [1.54, 1.807) is 19.1 Å². The fourth-order valence-electron chi connectivity index (χ4n) is 1.48. The number of carbonyl (C=O) groups excluding carboxylic acids is 1. The van der Waals surface area contributed by atoms with Gasteiger partial charge in [0, 0.05) is 23.0 Å². The van der Waals surface area contributed by atoms with Crippen LogP contribution in [0.5, 0.6) is 0 Å². The van der Waals surface area contributed by atoms with Gasteiger partial charge in [0.15, 0.2) is 0 Å². The monoisotopic (exact) mass is 256 g/mol. The van der Waals surface area contributed by atoms with Crippen molar-refractivity contribution in [1.82, 2.24) is 5.32 Å². The maximum Gasteiger partial charge on any atom is 0.230 e. The highest BCUT2D eigenvalue weighted by molar-refractivity contribution is 8.00. The van der Waals surface area contributed by atoms with Crippen molar-refractivity contribution in [1.29, 1.82) is 0 Å². The summed E-state index contributed by atoms with van der Waals surface area (Å²) in [6.45, 7) is 4.19. The quantitative estimate of drug-likeness (QED) is 0.793. The molecule has 3 N–H and O–H groups in total. The van der Waals surface area contributed by atoms with Crippen LogP contribution in [0.4, 0.5) is 4.39 Å². The number of nitrogens with one attached hydrogen (secondary N) is 1. The van der Waals surface area contributed by atoms with Crippen LogP contribution in [0.15, 0.2) is 23.1 Å². The molecule has 0 saturated heterocycles. The van der Waals surface area contributed by atoms with Gasteiger partial charge in [0.25, 0.3) is 0 Å². The zero-order valence-corrected chi connectivity index (χ0v) is 10.8. The van der Waals surface area contributed by atoms with Crippen molar-refractivity contribution >= 4 is 17.7 Å². The molecule has 0 aromatic heterocycles. The van der Waals surface area contributed by atoms with Gasteiger partial charge >= 0.3 is 0 Å². The molecule has 0 spiro atoms. The van der Waals surface area contributed by atoms with Crippen molar-refractivity contribution in [3.8, 4) is 0 Å². The first-order valence-electron chi connectivity index (χ1n) is 5.49. The molecule has 0 heterocycles. The van der Waals surface area contributed by atoms with Gasteiger partial charge in [0.1, 0.15) is 5.82 Å². The third-order valence-corrected chi connectivity index (χ3v) is 3.27. The molecule has 0 radical (unpaired) electrons. The minimum absolute atomic E-state index is 0.0580. The second-order valence-corrected chi connectivity index (χ2v) is 4.70. The second kappa shape index (κ2) is 6.61. The number of amides is 1. The van der Waals surface area contributed by atoms with Gasteiger partial charge < -0.3 is 11.1 Å². The van der Waals surface area contributed by atoms with Gasteiger partial charge in [0.05, 0.1) is 5.75 Å². The van der Waals surface area contributed by atoms with E-state index in [-0.39, 0.29) is 23.5 Å². The van der Waals surface area contributed by atoms with Crippen LogP contribution in [0.2, 0.25) is 0 Å². The molecular formula is C12H17FN2OS. The van der Waals surface area contributed by atoms with E-state index in [1.807, 2.05) is 6.92 Å². The SMILES string of the molecule is CCNC(=O)CSc1cccc(F)c1[C@@H](C)N.